The highest BCUT2D eigenvalue weighted by atomic mass is 32.1. The molecular weight excluding hydrogens is 628 g/mol. The van der Waals surface area contributed by atoms with E-state index >= 15 is 0 Å². The number of carbonyl (C=O) groups excluding carboxylic acids is 2. The standard InChI is InChI=1S/C34H35F2N5O5S/c1-33(2,3)46-32(44)40-14-12-34(13-15-40)20-41-18-24(30-38-37-26(47-30)16-22-10-11-23(35)17-25(22)36)28(42)29(27(41)31(43)39(34)4)45-19-21-8-6-5-7-9-21/h5-11,17-18H,12-16,19-20H2,1-4H3. The fourth-order valence-electron chi connectivity index (χ4n) is 5.98. The molecule has 13 heteroatoms. The summed E-state index contributed by atoms with van der Waals surface area (Å²) in [5, 5.41) is 9.14. The predicted molar refractivity (Wildman–Crippen MR) is 171 cm³/mol. The quantitative estimate of drug-likeness (QED) is 0.262. The molecule has 0 bridgehead atoms. The van der Waals surface area contributed by atoms with E-state index in [-0.39, 0.29) is 46.5 Å². The minimum atomic E-state index is -0.696. The topological polar surface area (TPSA) is 107 Å². The number of carbonyl (C=O) groups is 2. The van der Waals surface area contributed by atoms with Crippen LogP contribution < -0.4 is 10.2 Å². The maximum atomic E-state index is 14.4. The van der Waals surface area contributed by atoms with E-state index in [1.807, 2.05) is 51.1 Å². The van der Waals surface area contributed by atoms with Crippen LogP contribution >= 0.6 is 11.3 Å². The van der Waals surface area contributed by atoms with Gasteiger partial charge in [-0.05, 0) is 50.8 Å². The molecule has 2 aromatic carbocycles. The molecule has 2 aliphatic heterocycles. The fourth-order valence-corrected chi connectivity index (χ4v) is 6.85. The Kier molecular flexibility index (Phi) is 8.60. The number of likely N-dealkylation sites (N-methyl/N-ethyl adjacent to an activating group) is 1. The van der Waals surface area contributed by atoms with Gasteiger partial charge in [0.1, 0.15) is 28.8 Å². The molecule has 4 aromatic rings. The van der Waals surface area contributed by atoms with E-state index in [1.165, 1.54) is 12.1 Å². The molecule has 1 fully saturated rings. The molecular formula is C34H35F2N5O5S. The molecule has 4 heterocycles. The number of nitrogens with zero attached hydrogens (tertiary/aromatic N) is 5. The van der Waals surface area contributed by atoms with Gasteiger partial charge in [0, 0.05) is 45.4 Å². The average Bonchev–Trinajstić information content (AvgIpc) is 3.49. The minimum Gasteiger partial charge on any atom is -0.483 e. The van der Waals surface area contributed by atoms with Crippen LogP contribution in [0.1, 0.15) is 60.2 Å². The number of amides is 2. The lowest BCUT2D eigenvalue weighted by atomic mass is 9.83. The van der Waals surface area contributed by atoms with Crippen molar-refractivity contribution in [1.29, 1.82) is 0 Å². The van der Waals surface area contributed by atoms with Gasteiger partial charge in [0.2, 0.25) is 5.43 Å². The van der Waals surface area contributed by atoms with E-state index in [4.69, 9.17) is 9.47 Å². The van der Waals surface area contributed by atoms with Gasteiger partial charge in [-0.25, -0.2) is 13.6 Å². The van der Waals surface area contributed by atoms with Gasteiger partial charge in [0.05, 0.1) is 11.1 Å². The first-order chi connectivity index (χ1) is 22.3. The SMILES string of the molecule is CN1C(=O)c2c(OCc3ccccc3)c(=O)c(-c3nnc(Cc4ccc(F)cc4F)s3)cn2CC12CCN(C(=O)OC(C)(C)C)CC2. The second-order valence-corrected chi connectivity index (χ2v) is 14.0. The van der Waals surface area contributed by atoms with Crippen molar-refractivity contribution in [1.82, 2.24) is 24.6 Å². The number of benzene rings is 2. The Morgan fingerprint density at radius 2 is 1.77 bits per heavy atom. The van der Waals surface area contributed by atoms with Crippen LogP contribution in [0.25, 0.3) is 10.6 Å². The third-order valence-electron chi connectivity index (χ3n) is 8.55. The Morgan fingerprint density at radius 1 is 1.04 bits per heavy atom. The van der Waals surface area contributed by atoms with Crippen LogP contribution in [0.15, 0.2) is 59.5 Å². The number of pyridine rings is 1. The van der Waals surface area contributed by atoms with Gasteiger partial charge >= 0.3 is 6.09 Å². The third-order valence-corrected chi connectivity index (χ3v) is 9.50. The number of hydrogen-bond donors (Lipinski definition) is 0. The van der Waals surface area contributed by atoms with Gasteiger partial charge in [-0.3, -0.25) is 9.59 Å². The summed E-state index contributed by atoms with van der Waals surface area (Å²) in [7, 11) is 1.72. The Hall–Kier alpha value is -4.65. The highest BCUT2D eigenvalue weighted by molar-refractivity contribution is 7.14. The van der Waals surface area contributed by atoms with Gasteiger partial charge in [-0.15, -0.1) is 10.2 Å². The molecule has 0 radical (unpaired) electrons. The van der Waals surface area contributed by atoms with Crippen LogP contribution in [0.3, 0.4) is 0 Å². The lowest BCUT2D eigenvalue weighted by Crippen LogP contribution is -2.62. The van der Waals surface area contributed by atoms with E-state index in [0.29, 0.717) is 37.5 Å². The summed E-state index contributed by atoms with van der Waals surface area (Å²) in [6, 6.07) is 12.6. The highest BCUT2D eigenvalue weighted by Gasteiger charge is 2.47. The zero-order valence-corrected chi connectivity index (χ0v) is 27.4. The summed E-state index contributed by atoms with van der Waals surface area (Å²) in [6.45, 7) is 6.66. The molecule has 10 nitrogen and oxygen atoms in total. The maximum Gasteiger partial charge on any atom is 0.410 e. The molecule has 2 aromatic heterocycles. The molecule has 0 aliphatic carbocycles. The first kappa shape index (κ1) is 32.3. The Balaban J connectivity index is 1.35. The van der Waals surface area contributed by atoms with Crippen LogP contribution in [0.5, 0.6) is 5.75 Å². The molecule has 246 valence electrons. The molecule has 2 amide bonds. The predicted octanol–water partition coefficient (Wildman–Crippen LogP) is 5.67. The van der Waals surface area contributed by atoms with Crippen LogP contribution in [0.4, 0.5) is 13.6 Å². The van der Waals surface area contributed by atoms with Crippen molar-refractivity contribution < 1.29 is 27.8 Å². The first-order valence-corrected chi connectivity index (χ1v) is 16.1. The average molecular weight is 664 g/mol. The van der Waals surface area contributed by atoms with Gasteiger partial charge < -0.3 is 23.8 Å². The summed E-state index contributed by atoms with van der Waals surface area (Å²) in [6.07, 6.45) is 2.29. The lowest BCUT2D eigenvalue weighted by Gasteiger charge is -2.50. The van der Waals surface area contributed by atoms with Crippen molar-refractivity contribution in [2.24, 2.45) is 0 Å². The lowest BCUT2D eigenvalue weighted by molar-refractivity contribution is -0.00796. The molecule has 1 spiro atoms. The van der Waals surface area contributed by atoms with E-state index < -0.39 is 34.3 Å². The Bertz CT molecular complexity index is 1880. The third kappa shape index (κ3) is 6.62. The van der Waals surface area contributed by atoms with E-state index in [0.717, 1.165) is 23.0 Å². The summed E-state index contributed by atoms with van der Waals surface area (Å²) in [5.74, 6) is -1.83. The van der Waals surface area contributed by atoms with Crippen LogP contribution in [0.2, 0.25) is 0 Å². The van der Waals surface area contributed by atoms with Crippen LogP contribution in [-0.2, 0) is 24.3 Å². The summed E-state index contributed by atoms with van der Waals surface area (Å²) in [4.78, 5) is 44.2. The second-order valence-electron chi connectivity index (χ2n) is 12.9. The zero-order chi connectivity index (χ0) is 33.5. The van der Waals surface area contributed by atoms with Crippen molar-refractivity contribution >= 4 is 23.3 Å². The first-order valence-electron chi connectivity index (χ1n) is 15.3. The van der Waals surface area contributed by atoms with Gasteiger partial charge in [-0.2, -0.15) is 0 Å². The Labute approximate surface area is 274 Å². The molecule has 1 saturated heterocycles. The van der Waals surface area contributed by atoms with Crippen LogP contribution in [0, 0.1) is 11.6 Å². The molecule has 47 heavy (non-hydrogen) atoms. The fraction of sp³-hybridized carbons (Fsp3) is 0.382. The number of halogens is 2. The maximum absolute atomic E-state index is 14.4. The van der Waals surface area contributed by atoms with Gasteiger partial charge in [-0.1, -0.05) is 47.7 Å². The summed E-state index contributed by atoms with van der Waals surface area (Å²) < 4.78 is 41.2. The van der Waals surface area contributed by atoms with E-state index in [2.05, 4.69) is 10.2 Å². The summed E-state index contributed by atoms with van der Waals surface area (Å²) >= 11 is 1.11. The second kappa shape index (κ2) is 12.5. The van der Waals surface area contributed by atoms with Crippen molar-refractivity contribution in [3.8, 4) is 16.3 Å². The molecule has 0 N–H and O–H groups in total. The van der Waals surface area contributed by atoms with Crippen molar-refractivity contribution in [2.45, 2.75) is 64.3 Å². The number of aromatic nitrogens is 3. The minimum absolute atomic E-state index is 0.0602. The van der Waals surface area contributed by atoms with Gasteiger partial charge in [0.15, 0.2) is 16.5 Å². The zero-order valence-electron chi connectivity index (χ0n) is 26.6. The van der Waals surface area contributed by atoms with E-state index in [9.17, 15) is 23.2 Å². The number of piperidine rings is 1. The number of likely N-dealkylation sites (tertiary alicyclic amines) is 1. The summed E-state index contributed by atoms with van der Waals surface area (Å²) in [5.41, 5.74) is -0.374. The van der Waals surface area contributed by atoms with Crippen LogP contribution in [-0.4, -0.2) is 67.8 Å². The molecule has 0 saturated carbocycles. The van der Waals surface area contributed by atoms with Crippen molar-refractivity contribution in [3.05, 3.63) is 98.4 Å². The smallest absolute Gasteiger partial charge is 0.410 e. The van der Waals surface area contributed by atoms with Crippen molar-refractivity contribution in [2.75, 3.05) is 20.1 Å². The Morgan fingerprint density at radius 3 is 2.45 bits per heavy atom. The number of ether oxygens (including phenoxy) is 2. The number of rotatable bonds is 6. The molecule has 0 unspecified atom stereocenters. The molecule has 6 rings (SSSR count). The highest BCUT2D eigenvalue weighted by Crippen LogP contribution is 2.38. The molecule has 2 aliphatic rings. The normalized spacial score (nSPS) is 15.9. The largest absolute Gasteiger partial charge is 0.483 e. The monoisotopic (exact) mass is 663 g/mol. The number of fused-ring (bicyclic) bond motifs is 1. The van der Waals surface area contributed by atoms with Crippen molar-refractivity contribution in [3.63, 3.8) is 0 Å². The number of hydrogen-bond acceptors (Lipinski definition) is 8. The molecule has 0 atom stereocenters. The van der Waals surface area contributed by atoms with E-state index in [1.54, 1.807) is 27.6 Å². The van der Waals surface area contributed by atoms with Gasteiger partial charge in [0.25, 0.3) is 5.91 Å².